The van der Waals surface area contributed by atoms with E-state index in [1.807, 2.05) is 19.0 Å². The van der Waals surface area contributed by atoms with Crippen molar-refractivity contribution in [3.05, 3.63) is 40.3 Å². The van der Waals surface area contributed by atoms with Crippen LogP contribution in [0.4, 0.5) is 5.13 Å². The Morgan fingerprint density at radius 2 is 2.14 bits per heavy atom. The van der Waals surface area contributed by atoms with Crippen LogP contribution in [0.3, 0.4) is 0 Å². The van der Waals surface area contributed by atoms with Crippen LogP contribution in [-0.4, -0.2) is 26.2 Å². The number of rotatable bonds is 6. The van der Waals surface area contributed by atoms with Crippen LogP contribution in [-0.2, 0) is 6.54 Å². The molecule has 1 aromatic heterocycles. The van der Waals surface area contributed by atoms with Crippen molar-refractivity contribution in [1.29, 1.82) is 0 Å². The zero-order valence-corrected chi connectivity index (χ0v) is 14.1. The SMILES string of the molecule is COc1nc(N(C)C)sc1CN[C@@H](C)c1cccc(C)c1. The smallest absolute Gasteiger partial charge is 0.230 e. The molecule has 1 N–H and O–H groups in total. The molecule has 5 heteroatoms. The first-order valence-corrected chi connectivity index (χ1v) is 7.84. The van der Waals surface area contributed by atoms with Gasteiger partial charge in [0.2, 0.25) is 5.88 Å². The first-order chi connectivity index (χ1) is 10.0. The topological polar surface area (TPSA) is 37.4 Å². The van der Waals surface area contributed by atoms with Crippen LogP contribution in [0.2, 0.25) is 0 Å². The van der Waals surface area contributed by atoms with E-state index in [1.165, 1.54) is 11.1 Å². The molecule has 0 radical (unpaired) electrons. The molecule has 1 aromatic carbocycles. The number of nitrogens with one attached hydrogen (secondary N) is 1. The lowest BCUT2D eigenvalue weighted by atomic mass is 10.1. The zero-order chi connectivity index (χ0) is 15.4. The number of hydrogen-bond acceptors (Lipinski definition) is 5. The first kappa shape index (κ1) is 15.8. The Hall–Kier alpha value is -1.59. The summed E-state index contributed by atoms with van der Waals surface area (Å²) in [5, 5.41) is 4.51. The first-order valence-electron chi connectivity index (χ1n) is 7.02. The Morgan fingerprint density at radius 3 is 2.76 bits per heavy atom. The van der Waals surface area contributed by atoms with E-state index in [0.717, 1.165) is 16.6 Å². The van der Waals surface area contributed by atoms with Crippen LogP contribution >= 0.6 is 11.3 Å². The molecule has 0 aliphatic heterocycles. The number of aromatic nitrogens is 1. The van der Waals surface area contributed by atoms with E-state index < -0.39 is 0 Å². The van der Waals surface area contributed by atoms with E-state index in [9.17, 15) is 0 Å². The van der Waals surface area contributed by atoms with Gasteiger partial charge in [-0.1, -0.05) is 41.2 Å². The van der Waals surface area contributed by atoms with Crippen LogP contribution in [0, 0.1) is 6.92 Å². The van der Waals surface area contributed by atoms with Crippen LogP contribution in [0.15, 0.2) is 24.3 Å². The van der Waals surface area contributed by atoms with Gasteiger partial charge in [0.25, 0.3) is 0 Å². The normalized spacial score (nSPS) is 12.2. The monoisotopic (exact) mass is 305 g/mol. The van der Waals surface area contributed by atoms with Crippen LogP contribution in [0.25, 0.3) is 0 Å². The maximum atomic E-state index is 5.37. The second-order valence-electron chi connectivity index (χ2n) is 5.34. The summed E-state index contributed by atoms with van der Waals surface area (Å²) < 4.78 is 5.37. The molecule has 0 fully saturated rings. The van der Waals surface area contributed by atoms with E-state index in [4.69, 9.17) is 4.74 Å². The summed E-state index contributed by atoms with van der Waals surface area (Å²) >= 11 is 1.66. The average Bonchev–Trinajstić information content (AvgIpc) is 2.88. The quantitative estimate of drug-likeness (QED) is 0.888. The molecule has 2 rings (SSSR count). The van der Waals surface area contributed by atoms with Gasteiger partial charge in [-0.25, -0.2) is 0 Å². The number of hydrogen-bond donors (Lipinski definition) is 1. The molecule has 0 aliphatic rings. The van der Waals surface area contributed by atoms with Crippen LogP contribution < -0.4 is 15.0 Å². The summed E-state index contributed by atoms with van der Waals surface area (Å²) in [6, 6.07) is 8.87. The minimum atomic E-state index is 0.291. The molecule has 4 nitrogen and oxygen atoms in total. The van der Waals surface area contributed by atoms with Gasteiger partial charge in [-0.3, -0.25) is 0 Å². The summed E-state index contributed by atoms with van der Waals surface area (Å²) in [6.07, 6.45) is 0. The third-order valence-electron chi connectivity index (χ3n) is 3.34. The van der Waals surface area contributed by atoms with Crippen molar-refractivity contribution in [3.63, 3.8) is 0 Å². The molecule has 0 saturated heterocycles. The fourth-order valence-corrected chi connectivity index (χ4v) is 2.99. The van der Waals surface area contributed by atoms with Crippen molar-refractivity contribution in [2.45, 2.75) is 26.4 Å². The molecule has 114 valence electrons. The molecule has 21 heavy (non-hydrogen) atoms. The summed E-state index contributed by atoms with van der Waals surface area (Å²) in [4.78, 5) is 7.60. The highest BCUT2D eigenvalue weighted by atomic mass is 32.1. The highest BCUT2D eigenvalue weighted by molar-refractivity contribution is 7.15. The molecular formula is C16H23N3OS. The molecule has 0 amide bonds. The lowest BCUT2D eigenvalue weighted by Gasteiger charge is -2.14. The number of aryl methyl sites for hydroxylation is 1. The Bertz CT molecular complexity index is 595. The lowest BCUT2D eigenvalue weighted by Crippen LogP contribution is -2.17. The Labute approximate surface area is 130 Å². The van der Waals surface area contributed by atoms with E-state index in [1.54, 1.807) is 18.4 Å². The number of thiazole rings is 1. The highest BCUT2D eigenvalue weighted by Gasteiger charge is 2.14. The van der Waals surface area contributed by atoms with Gasteiger partial charge in [-0.05, 0) is 19.4 Å². The van der Waals surface area contributed by atoms with Gasteiger partial charge >= 0.3 is 0 Å². The molecule has 0 spiro atoms. The van der Waals surface area contributed by atoms with Crippen molar-refractivity contribution in [2.75, 3.05) is 26.1 Å². The molecule has 1 atom stereocenters. The number of ether oxygens (including phenoxy) is 1. The summed E-state index contributed by atoms with van der Waals surface area (Å²) in [5.74, 6) is 0.715. The van der Waals surface area contributed by atoms with E-state index >= 15 is 0 Å². The maximum Gasteiger partial charge on any atom is 0.230 e. The van der Waals surface area contributed by atoms with Gasteiger partial charge < -0.3 is 15.0 Å². The number of nitrogens with zero attached hydrogens (tertiary/aromatic N) is 2. The average molecular weight is 305 g/mol. The second-order valence-corrected chi connectivity index (χ2v) is 6.40. The van der Waals surface area contributed by atoms with Crippen molar-refractivity contribution < 1.29 is 4.74 Å². The van der Waals surface area contributed by atoms with Gasteiger partial charge in [-0.15, -0.1) is 0 Å². The predicted molar refractivity (Wildman–Crippen MR) is 89.4 cm³/mol. The maximum absolute atomic E-state index is 5.37. The molecule has 1 heterocycles. The summed E-state index contributed by atoms with van der Waals surface area (Å²) in [5.41, 5.74) is 2.58. The number of anilines is 1. The van der Waals surface area contributed by atoms with E-state index in [-0.39, 0.29) is 0 Å². The van der Waals surface area contributed by atoms with Gasteiger partial charge in [0.15, 0.2) is 5.13 Å². The van der Waals surface area contributed by atoms with Crippen LogP contribution in [0.5, 0.6) is 5.88 Å². The highest BCUT2D eigenvalue weighted by Crippen LogP contribution is 2.30. The third-order valence-corrected chi connectivity index (χ3v) is 4.54. The van der Waals surface area contributed by atoms with E-state index in [2.05, 4.69) is 48.4 Å². The van der Waals surface area contributed by atoms with Gasteiger partial charge in [0, 0.05) is 26.7 Å². The Kier molecular flexibility index (Phi) is 5.20. The van der Waals surface area contributed by atoms with Gasteiger partial charge in [0.05, 0.1) is 12.0 Å². The number of methoxy groups -OCH3 is 1. The number of benzene rings is 1. The molecule has 0 aliphatic carbocycles. The standard InChI is InChI=1S/C16H23N3OS/c1-11-7-6-8-13(9-11)12(2)17-10-14-15(20-5)18-16(21-14)19(3)4/h6-9,12,17H,10H2,1-5H3/t12-/m0/s1. The molecule has 2 aromatic rings. The Balaban J connectivity index is 2.05. The van der Waals surface area contributed by atoms with E-state index in [0.29, 0.717) is 11.9 Å². The van der Waals surface area contributed by atoms with Crippen molar-refractivity contribution in [2.24, 2.45) is 0 Å². The van der Waals surface area contributed by atoms with Gasteiger partial charge in [-0.2, -0.15) is 4.98 Å². The molecule has 0 unspecified atom stereocenters. The van der Waals surface area contributed by atoms with Gasteiger partial charge in [0.1, 0.15) is 0 Å². The van der Waals surface area contributed by atoms with Crippen LogP contribution in [0.1, 0.15) is 29.0 Å². The van der Waals surface area contributed by atoms with Crippen molar-refractivity contribution in [3.8, 4) is 5.88 Å². The van der Waals surface area contributed by atoms with Crippen molar-refractivity contribution >= 4 is 16.5 Å². The van der Waals surface area contributed by atoms with Crippen molar-refractivity contribution in [1.82, 2.24) is 10.3 Å². The second kappa shape index (κ2) is 6.91. The fraction of sp³-hybridized carbons (Fsp3) is 0.438. The third kappa shape index (κ3) is 3.95. The lowest BCUT2D eigenvalue weighted by molar-refractivity contribution is 0.393. The Morgan fingerprint density at radius 1 is 1.38 bits per heavy atom. The molecule has 0 saturated carbocycles. The minimum absolute atomic E-state index is 0.291. The summed E-state index contributed by atoms with van der Waals surface area (Å²) in [6.45, 7) is 5.05. The minimum Gasteiger partial charge on any atom is -0.480 e. The largest absolute Gasteiger partial charge is 0.480 e. The molecular weight excluding hydrogens is 282 g/mol. The zero-order valence-electron chi connectivity index (χ0n) is 13.3. The predicted octanol–water partition coefficient (Wildman–Crippen LogP) is 3.38. The summed E-state index contributed by atoms with van der Waals surface area (Å²) in [7, 11) is 5.65. The molecule has 0 bridgehead atoms. The fourth-order valence-electron chi connectivity index (χ4n) is 2.09.